The van der Waals surface area contributed by atoms with E-state index in [9.17, 15) is 9.90 Å². The van der Waals surface area contributed by atoms with E-state index in [1.807, 2.05) is 19.1 Å². The normalized spacial score (nSPS) is 15.0. The van der Waals surface area contributed by atoms with E-state index in [1.165, 1.54) is 4.52 Å². The Bertz CT molecular complexity index is 1460. The number of aromatic nitrogens is 6. The van der Waals surface area contributed by atoms with Gasteiger partial charge in [-0.15, -0.1) is 0 Å². The molecule has 0 spiro atoms. The second-order valence-electron chi connectivity index (χ2n) is 7.24. The van der Waals surface area contributed by atoms with Crippen LogP contribution in [-0.4, -0.2) is 47.8 Å². The molecule has 0 aliphatic heterocycles. The first-order valence-corrected chi connectivity index (χ1v) is 9.65. The molecule has 3 N–H and O–H groups in total. The fraction of sp³-hybridized carbons (Fsp3) is 0.250. The Morgan fingerprint density at radius 1 is 1.26 bits per heavy atom. The van der Waals surface area contributed by atoms with E-state index >= 15 is 0 Å². The number of nitrogens with one attached hydrogen (secondary N) is 2. The number of imidazole rings is 1. The molecule has 0 saturated heterocycles. The number of aromatic amines is 2. The highest BCUT2D eigenvalue weighted by molar-refractivity contribution is 5.56. The Hall–Kier alpha value is -4.15. The van der Waals surface area contributed by atoms with Gasteiger partial charge in [0.05, 0.1) is 19.3 Å². The Morgan fingerprint density at radius 2 is 2.10 bits per heavy atom. The molecule has 3 heterocycles. The van der Waals surface area contributed by atoms with Crippen LogP contribution in [0.15, 0.2) is 34.2 Å². The third-order valence-corrected chi connectivity index (χ3v) is 4.76. The van der Waals surface area contributed by atoms with Gasteiger partial charge < -0.3 is 19.6 Å². The van der Waals surface area contributed by atoms with Crippen molar-refractivity contribution >= 4 is 11.7 Å². The smallest absolute Gasteiger partial charge is 0.327 e. The molecule has 1 aliphatic carbocycles. The van der Waals surface area contributed by atoms with E-state index in [1.54, 1.807) is 25.4 Å². The highest BCUT2D eigenvalue weighted by Crippen LogP contribution is 2.30. The van der Waals surface area contributed by atoms with Crippen LogP contribution < -0.4 is 26.0 Å². The number of H-pyrrole nitrogens is 2. The summed E-state index contributed by atoms with van der Waals surface area (Å²) in [6, 6.07) is 5.81. The first-order valence-electron chi connectivity index (χ1n) is 9.65. The predicted molar refractivity (Wildman–Crippen MR) is 109 cm³/mol. The summed E-state index contributed by atoms with van der Waals surface area (Å²) in [4.78, 5) is 29.8. The van der Waals surface area contributed by atoms with Gasteiger partial charge in [-0.1, -0.05) is 6.07 Å². The van der Waals surface area contributed by atoms with Gasteiger partial charge in [0.2, 0.25) is 5.88 Å². The molecular formula is C20H19N7O4. The average molecular weight is 421 g/mol. The van der Waals surface area contributed by atoms with Gasteiger partial charge >= 0.3 is 11.7 Å². The van der Waals surface area contributed by atoms with E-state index in [-0.39, 0.29) is 23.6 Å². The van der Waals surface area contributed by atoms with Crippen LogP contribution in [0.4, 0.5) is 0 Å². The molecule has 158 valence electrons. The molecule has 1 fully saturated rings. The van der Waals surface area contributed by atoms with Gasteiger partial charge in [-0.05, 0) is 43.5 Å². The number of benzene rings is 1. The van der Waals surface area contributed by atoms with Crippen molar-refractivity contribution in [1.82, 2.24) is 29.5 Å². The van der Waals surface area contributed by atoms with Crippen LogP contribution in [-0.2, 0) is 0 Å². The summed E-state index contributed by atoms with van der Waals surface area (Å²) >= 11 is 0. The Balaban J connectivity index is 1.68. The second-order valence-corrected chi connectivity index (χ2v) is 7.24. The summed E-state index contributed by atoms with van der Waals surface area (Å²) in [7, 11) is 1.56. The van der Waals surface area contributed by atoms with Crippen molar-refractivity contribution in [1.29, 1.82) is 0 Å². The average Bonchev–Trinajstić information content (AvgIpc) is 3.38. The minimum Gasteiger partial charge on any atom is -0.493 e. The van der Waals surface area contributed by atoms with Gasteiger partial charge in [0.1, 0.15) is 5.69 Å². The summed E-state index contributed by atoms with van der Waals surface area (Å²) in [5.74, 6) is 0.744. The maximum absolute atomic E-state index is 11.4. The number of aromatic hydroxyl groups is 1. The van der Waals surface area contributed by atoms with Crippen LogP contribution in [0.1, 0.15) is 24.1 Å². The van der Waals surface area contributed by atoms with Crippen LogP contribution >= 0.6 is 0 Å². The zero-order chi connectivity index (χ0) is 21.5. The molecule has 0 radical (unpaired) electrons. The fourth-order valence-electron chi connectivity index (χ4n) is 3.06. The van der Waals surface area contributed by atoms with Gasteiger partial charge in [-0.3, -0.25) is 4.98 Å². The van der Waals surface area contributed by atoms with Gasteiger partial charge in [-0.2, -0.15) is 19.6 Å². The fourth-order valence-corrected chi connectivity index (χ4v) is 3.06. The molecule has 0 bridgehead atoms. The zero-order valence-corrected chi connectivity index (χ0v) is 16.8. The lowest BCUT2D eigenvalue weighted by molar-refractivity contribution is 0.366. The van der Waals surface area contributed by atoms with E-state index < -0.39 is 5.69 Å². The van der Waals surface area contributed by atoms with Crippen molar-refractivity contribution in [2.24, 2.45) is 4.99 Å². The predicted octanol–water partition coefficient (Wildman–Crippen LogP) is 0.566. The number of nitrogens with zero attached hydrogens (tertiary/aromatic N) is 5. The first-order chi connectivity index (χ1) is 15.0. The number of hydrogen-bond donors (Lipinski definition) is 3. The first kappa shape index (κ1) is 18.9. The molecule has 1 saturated carbocycles. The quantitative estimate of drug-likeness (QED) is 0.427. The van der Waals surface area contributed by atoms with Crippen molar-refractivity contribution in [3.05, 3.63) is 57.0 Å². The Morgan fingerprint density at radius 3 is 2.81 bits per heavy atom. The number of ether oxygens (including phenoxy) is 2. The monoisotopic (exact) mass is 421 g/mol. The standard InChI is InChI=1S/C20H19N7O4/c1-10-3-6-14(15(7-10)30-2)31-20-24-16-11(8-13-17(28)25-19(29)23-13)9-21-27(16)18(26-20)22-12-4-5-12/h3,6-9,12,28H,4-5H2,1-2H3,(H2,23,25,29). The molecule has 1 aliphatic rings. The van der Waals surface area contributed by atoms with Crippen molar-refractivity contribution in [3.8, 4) is 23.4 Å². The third-order valence-electron chi connectivity index (χ3n) is 4.76. The lowest BCUT2D eigenvalue weighted by Crippen LogP contribution is -2.23. The van der Waals surface area contributed by atoms with Crippen molar-refractivity contribution in [3.63, 3.8) is 0 Å². The highest BCUT2D eigenvalue weighted by Gasteiger charge is 2.21. The number of hydrogen-bond acceptors (Lipinski definition) is 8. The Kier molecular flexibility index (Phi) is 4.42. The summed E-state index contributed by atoms with van der Waals surface area (Å²) < 4.78 is 12.8. The molecule has 11 heteroatoms. The topological polar surface area (TPSA) is 143 Å². The maximum Gasteiger partial charge on any atom is 0.327 e. The number of fused-ring (bicyclic) bond motifs is 1. The molecule has 3 aromatic heterocycles. The van der Waals surface area contributed by atoms with Gasteiger partial charge in [0.25, 0.3) is 5.62 Å². The van der Waals surface area contributed by atoms with E-state index in [0.29, 0.717) is 28.0 Å². The van der Waals surface area contributed by atoms with E-state index in [2.05, 4.69) is 30.0 Å². The van der Waals surface area contributed by atoms with Crippen molar-refractivity contribution in [2.75, 3.05) is 7.11 Å². The molecule has 5 rings (SSSR count). The number of aryl methyl sites for hydroxylation is 1. The number of methoxy groups -OCH3 is 1. The van der Waals surface area contributed by atoms with Crippen LogP contribution in [0.3, 0.4) is 0 Å². The van der Waals surface area contributed by atoms with Gasteiger partial charge in [0, 0.05) is 5.22 Å². The molecule has 4 aromatic rings. The SMILES string of the molecule is COc1cc(C)ccc1Oc1nc(=NC2CC2)n2ncc(=Cc3[nH]c(=O)[nH]c3O)c2n1. The van der Waals surface area contributed by atoms with Gasteiger partial charge in [0.15, 0.2) is 17.1 Å². The van der Waals surface area contributed by atoms with Crippen LogP contribution in [0, 0.1) is 6.92 Å². The molecule has 1 aromatic carbocycles. The summed E-state index contributed by atoms with van der Waals surface area (Å²) in [5.41, 5.74) is 1.49. The third kappa shape index (κ3) is 3.72. The molecular weight excluding hydrogens is 402 g/mol. The minimum atomic E-state index is -0.519. The minimum absolute atomic E-state index is 0.0796. The van der Waals surface area contributed by atoms with E-state index in [4.69, 9.17) is 9.47 Å². The van der Waals surface area contributed by atoms with Crippen LogP contribution in [0.5, 0.6) is 23.4 Å². The molecule has 0 unspecified atom stereocenters. The van der Waals surface area contributed by atoms with Crippen molar-refractivity contribution < 1.29 is 14.6 Å². The lowest BCUT2D eigenvalue weighted by Gasteiger charge is -2.09. The summed E-state index contributed by atoms with van der Waals surface area (Å²) in [5, 5.41) is 14.7. The Labute approximate surface area is 174 Å². The zero-order valence-electron chi connectivity index (χ0n) is 16.8. The summed E-state index contributed by atoms with van der Waals surface area (Å²) in [6.07, 6.45) is 5.09. The van der Waals surface area contributed by atoms with E-state index in [0.717, 1.165) is 18.4 Å². The molecule has 31 heavy (non-hydrogen) atoms. The second kappa shape index (κ2) is 7.27. The van der Waals surface area contributed by atoms with Crippen LogP contribution in [0.2, 0.25) is 0 Å². The van der Waals surface area contributed by atoms with Gasteiger partial charge in [-0.25, -0.2) is 9.79 Å². The lowest BCUT2D eigenvalue weighted by atomic mass is 10.2. The largest absolute Gasteiger partial charge is 0.493 e. The maximum atomic E-state index is 11.4. The highest BCUT2D eigenvalue weighted by atomic mass is 16.5. The molecule has 11 nitrogen and oxygen atoms in total. The summed E-state index contributed by atoms with van der Waals surface area (Å²) in [6.45, 7) is 1.95. The number of rotatable bonds is 5. The molecule has 0 amide bonds. The van der Waals surface area contributed by atoms with Crippen molar-refractivity contribution in [2.45, 2.75) is 25.8 Å². The van der Waals surface area contributed by atoms with Crippen LogP contribution in [0.25, 0.3) is 11.7 Å². The molecule has 0 atom stereocenters.